The Bertz CT molecular complexity index is 407. The van der Waals surface area contributed by atoms with Crippen molar-refractivity contribution >= 4 is 27.5 Å². The van der Waals surface area contributed by atoms with Gasteiger partial charge in [-0.15, -0.1) is 0 Å². The second-order valence-corrected chi connectivity index (χ2v) is 6.28. The summed E-state index contributed by atoms with van der Waals surface area (Å²) in [6.07, 6.45) is 0. The molecule has 0 aromatic rings. The van der Waals surface area contributed by atoms with Crippen LogP contribution in [0.4, 0.5) is 0 Å². The number of nitrogens with zero attached hydrogens (tertiary/aromatic N) is 2. The Morgan fingerprint density at radius 2 is 2.12 bits per heavy atom. The minimum atomic E-state index is -3.53. The first-order valence-electron chi connectivity index (χ1n) is 4.83. The molecule has 0 radical (unpaired) electrons. The van der Waals surface area contributed by atoms with Crippen molar-refractivity contribution in [1.82, 2.24) is 9.21 Å². The van der Waals surface area contributed by atoms with E-state index in [1.807, 2.05) is 0 Å². The average Bonchev–Trinajstić information content (AvgIpc) is 2.11. The van der Waals surface area contributed by atoms with Crippen molar-refractivity contribution in [3.05, 3.63) is 11.6 Å². The Balaban J connectivity index is 2.89. The Morgan fingerprint density at radius 1 is 1.56 bits per heavy atom. The second kappa shape index (κ2) is 4.73. The van der Waals surface area contributed by atoms with Crippen LogP contribution >= 0.6 is 11.6 Å². The van der Waals surface area contributed by atoms with Crippen molar-refractivity contribution in [3.63, 3.8) is 0 Å². The molecule has 1 atom stereocenters. The highest BCUT2D eigenvalue weighted by Crippen LogP contribution is 2.17. The molecule has 92 valence electrons. The lowest BCUT2D eigenvalue weighted by atomic mass is 10.2. The number of sulfonamides is 1. The topological polar surface area (TPSA) is 57.7 Å². The molecule has 0 saturated carbocycles. The summed E-state index contributed by atoms with van der Waals surface area (Å²) in [6, 6.07) is -0.667. The Kier molecular flexibility index (Phi) is 3.98. The third kappa shape index (κ3) is 2.75. The minimum absolute atomic E-state index is 0.0542. The SMILES string of the molecule is C=C(Cl)CS(=O)(=O)N1CCN(C)C(=O)[C@H]1C. The van der Waals surface area contributed by atoms with Gasteiger partial charge in [0, 0.05) is 25.2 Å². The van der Waals surface area contributed by atoms with Crippen LogP contribution in [0.2, 0.25) is 0 Å². The number of carbonyl (C=O) groups is 1. The van der Waals surface area contributed by atoms with Gasteiger partial charge in [-0.2, -0.15) is 4.31 Å². The van der Waals surface area contributed by atoms with Crippen molar-refractivity contribution in [2.24, 2.45) is 0 Å². The summed E-state index contributed by atoms with van der Waals surface area (Å²) < 4.78 is 24.9. The molecule has 0 N–H and O–H groups in total. The highest BCUT2D eigenvalue weighted by molar-refractivity contribution is 7.89. The minimum Gasteiger partial charge on any atom is -0.343 e. The Morgan fingerprint density at radius 3 is 2.62 bits per heavy atom. The van der Waals surface area contributed by atoms with Gasteiger partial charge in [-0.05, 0) is 6.92 Å². The van der Waals surface area contributed by atoms with E-state index in [1.165, 1.54) is 9.21 Å². The lowest BCUT2D eigenvalue weighted by Crippen LogP contribution is -2.56. The maximum atomic E-state index is 11.9. The number of piperazine rings is 1. The van der Waals surface area contributed by atoms with Gasteiger partial charge in [0.05, 0.1) is 5.75 Å². The molecule has 7 heteroatoms. The van der Waals surface area contributed by atoms with Crippen molar-refractivity contribution in [2.45, 2.75) is 13.0 Å². The number of amides is 1. The van der Waals surface area contributed by atoms with Crippen LogP contribution in [-0.2, 0) is 14.8 Å². The quantitative estimate of drug-likeness (QED) is 0.735. The average molecular weight is 267 g/mol. The summed E-state index contributed by atoms with van der Waals surface area (Å²) in [7, 11) is -1.88. The molecule has 1 heterocycles. The van der Waals surface area contributed by atoms with Gasteiger partial charge in [-0.25, -0.2) is 8.42 Å². The third-order valence-corrected chi connectivity index (χ3v) is 4.74. The zero-order valence-electron chi connectivity index (χ0n) is 9.31. The number of likely N-dealkylation sites (N-methyl/N-ethyl adjacent to an activating group) is 1. The van der Waals surface area contributed by atoms with Gasteiger partial charge < -0.3 is 4.90 Å². The molecule has 5 nitrogen and oxygen atoms in total. The van der Waals surface area contributed by atoms with Crippen LogP contribution in [0.5, 0.6) is 0 Å². The summed E-state index contributed by atoms with van der Waals surface area (Å²) in [6.45, 7) is 5.64. The van der Waals surface area contributed by atoms with Crippen LogP contribution < -0.4 is 0 Å². The van der Waals surface area contributed by atoms with Crippen molar-refractivity contribution in [1.29, 1.82) is 0 Å². The molecule has 1 aliphatic heterocycles. The van der Waals surface area contributed by atoms with Crippen LogP contribution in [-0.4, -0.2) is 55.5 Å². The Hall–Kier alpha value is -0.590. The monoisotopic (exact) mass is 266 g/mol. The smallest absolute Gasteiger partial charge is 0.240 e. The molecule has 0 aromatic heterocycles. The summed E-state index contributed by atoms with van der Waals surface area (Å²) in [5.74, 6) is -0.523. The molecule has 1 aliphatic rings. The first kappa shape index (κ1) is 13.5. The fourth-order valence-corrected chi connectivity index (χ4v) is 3.56. The molecule has 1 rings (SSSR count). The highest BCUT2D eigenvalue weighted by Gasteiger charge is 2.36. The third-order valence-electron chi connectivity index (χ3n) is 2.52. The maximum absolute atomic E-state index is 11.9. The summed E-state index contributed by atoms with van der Waals surface area (Å²) >= 11 is 5.50. The van der Waals surface area contributed by atoms with Crippen LogP contribution in [0.15, 0.2) is 11.6 Å². The van der Waals surface area contributed by atoms with Crippen LogP contribution in [0.1, 0.15) is 6.92 Å². The molecular weight excluding hydrogens is 252 g/mol. The van der Waals surface area contributed by atoms with Gasteiger partial charge in [0.15, 0.2) is 0 Å². The van der Waals surface area contributed by atoms with E-state index in [2.05, 4.69) is 6.58 Å². The fraction of sp³-hybridized carbons (Fsp3) is 0.667. The standard InChI is InChI=1S/C9H15ClN2O3S/c1-7(10)6-16(14,15)12-5-4-11(3)9(13)8(12)2/h8H,1,4-6H2,2-3H3/t8-/m1/s1. The first-order valence-corrected chi connectivity index (χ1v) is 6.82. The van der Waals surface area contributed by atoms with E-state index in [4.69, 9.17) is 11.6 Å². The van der Waals surface area contributed by atoms with E-state index in [-0.39, 0.29) is 16.7 Å². The summed E-state index contributed by atoms with van der Waals surface area (Å²) in [5.41, 5.74) is 0. The number of rotatable bonds is 3. The first-order chi connectivity index (χ1) is 7.25. The number of hydrogen-bond donors (Lipinski definition) is 0. The van der Waals surface area contributed by atoms with Crippen molar-refractivity contribution in [3.8, 4) is 0 Å². The normalized spacial score (nSPS) is 23.6. The number of halogens is 1. The molecule has 0 bridgehead atoms. The molecule has 1 amide bonds. The van der Waals surface area contributed by atoms with E-state index in [1.54, 1.807) is 14.0 Å². The molecule has 0 spiro atoms. The van der Waals surface area contributed by atoms with Crippen LogP contribution in [0, 0.1) is 0 Å². The van der Waals surface area contributed by atoms with Gasteiger partial charge >= 0.3 is 0 Å². The van der Waals surface area contributed by atoms with Crippen molar-refractivity contribution < 1.29 is 13.2 Å². The van der Waals surface area contributed by atoms with Gasteiger partial charge in [-0.3, -0.25) is 4.79 Å². The zero-order valence-corrected chi connectivity index (χ0v) is 10.9. The van der Waals surface area contributed by atoms with Gasteiger partial charge in [-0.1, -0.05) is 18.2 Å². The van der Waals surface area contributed by atoms with Crippen molar-refractivity contribution in [2.75, 3.05) is 25.9 Å². The molecule has 1 saturated heterocycles. The van der Waals surface area contributed by atoms with Gasteiger partial charge in [0.25, 0.3) is 0 Å². The Labute approximate surface area is 101 Å². The number of hydrogen-bond acceptors (Lipinski definition) is 3. The van der Waals surface area contributed by atoms with E-state index < -0.39 is 16.1 Å². The maximum Gasteiger partial charge on any atom is 0.240 e. The van der Waals surface area contributed by atoms with Gasteiger partial charge in [0.1, 0.15) is 6.04 Å². The highest BCUT2D eigenvalue weighted by atomic mass is 35.5. The molecular formula is C9H15ClN2O3S. The van der Waals surface area contributed by atoms with E-state index in [0.717, 1.165) is 0 Å². The predicted octanol–water partition coefficient (Wildman–Crippen LogP) is 0.231. The molecule has 0 aromatic carbocycles. The van der Waals surface area contributed by atoms with E-state index in [0.29, 0.717) is 13.1 Å². The lowest BCUT2D eigenvalue weighted by molar-refractivity contribution is -0.136. The molecule has 1 fully saturated rings. The van der Waals surface area contributed by atoms with Gasteiger partial charge in [0.2, 0.25) is 15.9 Å². The number of carbonyl (C=O) groups excluding carboxylic acids is 1. The largest absolute Gasteiger partial charge is 0.343 e. The van der Waals surface area contributed by atoms with E-state index >= 15 is 0 Å². The molecule has 16 heavy (non-hydrogen) atoms. The molecule has 0 unspecified atom stereocenters. The van der Waals surface area contributed by atoms with Crippen LogP contribution in [0.25, 0.3) is 0 Å². The predicted molar refractivity (Wildman–Crippen MR) is 62.6 cm³/mol. The fourth-order valence-electron chi connectivity index (χ4n) is 1.66. The lowest BCUT2D eigenvalue weighted by Gasteiger charge is -2.36. The zero-order chi connectivity index (χ0) is 12.5. The summed E-state index contributed by atoms with van der Waals surface area (Å²) in [4.78, 5) is 13.2. The van der Waals surface area contributed by atoms with E-state index in [9.17, 15) is 13.2 Å². The second-order valence-electron chi connectivity index (χ2n) is 3.82. The summed E-state index contributed by atoms with van der Waals surface area (Å²) in [5, 5.41) is 0.0542. The molecule has 0 aliphatic carbocycles. The van der Waals surface area contributed by atoms with Crippen LogP contribution in [0.3, 0.4) is 0 Å².